The molecule has 0 aliphatic heterocycles. The highest BCUT2D eigenvalue weighted by Gasteiger charge is 2.21. The summed E-state index contributed by atoms with van der Waals surface area (Å²) in [4.78, 5) is 0. The van der Waals surface area contributed by atoms with E-state index in [2.05, 4.69) is 15.5 Å². The maximum atomic E-state index is 11.9. The molecule has 24 heavy (non-hydrogen) atoms. The fraction of sp³-hybridized carbons (Fsp3) is 0.214. The number of aromatic nitrogens is 4. The van der Waals surface area contributed by atoms with Gasteiger partial charge in [0.05, 0.1) is 5.69 Å². The average Bonchev–Trinajstić information content (AvgIpc) is 3.25. The first kappa shape index (κ1) is 16.1. The molecular weight excluding hydrogens is 334 g/mol. The van der Waals surface area contributed by atoms with Gasteiger partial charge in [-0.3, -0.25) is 0 Å². The Kier molecular flexibility index (Phi) is 4.32. The van der Waals surface area contributed by atoms with Crippen LogP contribution in [0.1, 0.15) is 5.76 Å². The molecule has 0 saturated heterocycles. The Morgan fingerprint density at radius 1 is 1.17 bits per heavy atom. The van der Waals surface area contributed by atoms with Gasteiger partial charge in [-0.2, -0.15) is 0 Å². The van der Waals surface area contributed by atoms with Crippen molar-refractivity contribution in [3.8, 4) is 11.4 Å². The van der Waals surface area contributed by atoms with E-state index >= 15 is 0 Å². The van der Waals surface area contributed by atoms with Gasteiger partial charge < -0.3 is 9.15 Å². The molecule has 10 heteroatoms. The molecule has 0 saturated carbocycles. The average molecular weight is 349 g/mol. The van der Waals surface area contributed by atoms with Gasteiger partial charge in [0.15, 0.2) is 0 Å². The number of tetrazole rings is 1. The molecule has 9 nitrogen and oxygen atoms in total. The van der Waals surface area contributed by atoms with Crippen molar-refractivity contribution in [3.63, 3.8) is 0 Å². The zero-order valence-corrected chi connectivity index (χ0v) is 13.8. The molecule has 0 spiro atoms. The lowest BCUT2D eigenvalue weighted by Gasteiger charge is -2.08. The van der Waals surface area contributed by atoms with Crippen LogP contribution in [0.2, 0.25) is 0 Å². The molecule has 0 radical (unpaired) electrons. The Morgan fingerprint density at radius 3 is 2.54 bits per heavy atom. The van der Waals surface area contributed by atoms with Crippen LogP contribution in [-0.4, -0.2) is 47.0 Å². The van der Waals surface area contributed by atoms with Gasteiger partial charge in [0, 0.05) is 14.1 Å². The van der Waals surface area contributed by atoms with E-state index in [0.29, 0.717) is 11.5 Å². The van der Waals surface area contributed by atoms with Crippen LogP contribution >= 0.6 is 0 Å². The Balaban J connectivity index is 1.65. The quantitative estimate of drug-likeness (QED) is 0.656. The summed E-state index contributed by atoms with van der Waals surface area (Å²) in [6, 6.07) is 10.1. The summed E-state index contributed by atoms with van der Waals surface area (Å²) in [5.74, 6) is 1.03. The van der Waals surface area contributed by atoms with Crippen LogP contribution < -0.4 is 4.74 Å². The third kappa shape index (κ3) is 3.29. The van der Waals surface area contributed by atoms with Crippen LogP contribution in [0.5, 0.6) is 5.75 Å². The second-order valence-corrected chi connectivity index (χ2v) is 7.13. The molecule has 3 aromatic rings. The normalized spacial score (nSPS) is 11.8. The first-order valence-electron chi connectivity index (χ1n) is 6.94. The van der Waals surface area contributed by atoms with Gasteiger partial charge in [0.2, 0.25) is 5.09 Å². The highest BCUT2D eigenvalue weighted by molar-refractivity contribution is 7.88. The molecule has 3 rings (SSSR count). The molecule has 0 fully saturated rings. The van der Waals surface area contributed by atoms with Crippen LogP contribution in [0, 0.1) is 0 Å². The number of benzene rings is 1. The minimum Gasteiger partial charge on any atom is -0.486 e. The van der Waals surface area contributed by atoms with Gasteiger partial charge in [-0.25, -0.2) is 17.4 Å². The first-order valence-corrected chi connectivity index (χ1v) is 8.38. The van der Waals surface area contributed by atoms with E-state index in [1.54, 1.807) is 30.3 Å². The first-order chi connectivity index (χ1) is 11.5. The number of rotatable bonds is 6. The number of hydrogen-bond donors (Lipinski definition) is 0. The Labute approximate surface area is 138 Å². The summed E-state index contributed by atoms with van der Waals surface area (Å²) in [5.41, 5.74) is 0.796. The fourth-order valence-electron chi connectivity index (χ4n) is 1.88. The highest BCUT2D eigenvalue weighted by Crippen LogP contribution is 2.19. The summed E-state index contributed by atoms with van der Waals surface area (Å²) in [5, 5.41) is 10.8. The third-order valence-corrected chi connectivity index (χ3v) is 4.89. The van der Waals surface area contributed by atoms with E-state index in [1.807, 2.05) is 0 Å². The summed E-state index contributed by atoms with van der Waals surface area (Å²) in [6.07, 6.45) is 1.49. The predicted molar refractivity (Wildman–Crippen MR) is 83.1 cm³/mol. The lowest BCUT2D eigenvalue weighted by molar-refractivity contribution is 0.256. The van der Waals surface area contributed by atoms with E-state index in [-0.39, 0.29) is 11.7 Å². The maximum Gasteiger partial charge on any atom is 0.275 e. The topological polar surface area (TPSA) is 103 Å². The van der Waals surface area contributed by atoms with Gasteiger partial charge in [-0.05, 0) is 46.8 Å². The van der Waals surface area contributed by atoms with E-state index in [9.17, 15) is 8.42 Å². The zero-order chi connectivity index (χ0) is 17.2. The molecule has 0 amide bonds. The molecule has 0 unspecified atom stereocenters. The largest absolute Gasteiger partial charge is 0.486 e. The second-order valence-electron chi connectivity index (χ2n) is 5.05. The van der Waals surface area contributed by atoms with Crippen molar-refractivity contribution in [2.75, 3.05) is 14.1 Å². The standard InChI is InChI=1S/C14H15N5O4S/c1-18(2)24(20,21)14-8-7-13(23-14)9-22-12-5-3-11(4-6-12)19-10-15-16-17-19/h3-8,10H,9H2,1-2H3. The Morgan fingerprint density at radius 2 is 1.92 bits per heavy atom. The third-order valence-electron chi connectivity index (χ3n) is 3.20. The zero-order valence-electron chi connectivity index (χ0n) is 13.0. The summed E-state index contributed by atoms with van der Waals surface area (Å²) < 4.78 is 37.4. The number of hydrogen-bond acceptors (Lipinski definition) is 7. The van der Waals surface area contributed by atoms with Gasteiger partial charge in [-0.1, -0.05) is 0 Å². The lowest BCUT2D eigenvalue weighted by Crippen LogP contribution is -2.21. The van der Waals surface area contributed by atoms with Crippen molar-refractivity contribution in [2.45, 2.75) is 11.7 Å². The van der Waals surface area contributed by atoms with Crippen LogP contribution in [0.3, 0.4) is 0 Å². The van der Waals surface area contributed by atoms with Gasteiger partial charge in [0.25, 0.3) is 10.0 Å². The van der Waals surface area contributed by atoms with Crippen molar-refractivity contribution < 1.29 is 17.6 Å². The molecule has 0 N–H and O–H groups in total. The maximum absolute atomic E-state index is 11.9. The summed E-state index contributed by atoms with van der Waals surface area (Å²) in [7, 11) is -0.691. The Hall–Kier alpha value is -2.72. The van der Waals surface area contributed by atoms with Crippen molar-refractivity contribution >= 4 is 10.0 Å². The van der Waals surface area contributed by atoms with Gasteiger partial charge in [0.1, 0.15) is 24.4 Å². The highest BCUT2D eigenvalue weighted by atomic mass is 32.2. The van der Waals surface area contributed by atoms with Crippen LogP contribution in [0.25, 0.3) is 5.69 Å². The van der Waals surface area contributed by atoms with Crippen molar-refractivity contribution in [1.29, 1.82) is 0 Å². The van der Waals surface area contributed by atoms with E-state index < -0.39 is 10.0 Å². The second kappa shape index (κ2) is 6.42. The van der Waals surface area contributed by atoms with Gasteiger partial charge in [-0.15, -0.1) is 5.10 Å². The molecule has 0 bridgehead atoms. The molecule has 0 aliphatic rings. The smallest absolute Gasteiger partial charge is 0.275 e. The van der Waals surface area contributed by atoms with E-state index in [4.69, 9.17) is 9.15 Å². The number of sulfonamides is 1. The van der Waals surface area contributed by atoms with Crippen LogP contribution in [-0.2, 0) is 16.6 Å². The minimum absolute atomic E-state index is 0.111. The molecular formula is C14H15N5O4S. The molecule has 2 aromatic heterocycles. The molecule has 2 heterocycles. The van der Waals surface area contributed by atoms with Crippen molar-refractivity contribution in [2.24, 2.45) is 0 Å². The molecule has 1 aromatic carbocycles. The number of ether oxygens (including phenoxy) is 1. The van der Waals surface area contributed by atoms with E-state index in [0.717, 1.165) is 9.99 Å². The van der Waals surface area contributed by atoms with E-state index in [1.165, 1.54) is 31.2 Å². The number of nitrogens with zero attached hydrogens (tertiary/aromatic N) is 5. The van der Waals surface area contributed by atoms with Crippen LogP contribution in [0.15, 0.2) is 52.2 Å². The number of furan rings is 1. The van der Waals surface area contributed by atoms with Crippen LogP contribution in [0.4, 0.5) is 0 Å². The molecule has 0 atom stereocenters. The van der Waals surface area contributed by atoms with Gasteiger partial charge >= 0.3 is 0 Å². The molecule has 126 valence electrons. The monoisotopic (exact) mass is 349 g/mol. The molecule has 0 aliphatic carbocycles. The van der Waals surface area contributed by atoms with Crippen molar-refractivity contribution in [3.05, 3.63) is 48.5 Å². The summed E-state index contributed by atoms with van der Waals surface area (Å²) >= 11 is 0. The summed E-state index contributed by atoms with van der Waals surface area (Å²) in [6.45, 7) is 0.118. The van der Waals surface area contributed by atoms with Crippen molar-refractivity contribution in [1.82, 2.24) is 24.5 Å². The fourth-order valence-corrected chi connectivity index (χ4v) is 2.70. The lowest BCUT2D eigenvalue weighted by atomic mass is 10.3. The predicted octanol–water partition coefficient (Wildman–Crippen LogP) is 1.08. The minimum atomic E-state index is -3.58. The SMILES string of the molecule is CN(C)S(=O)(=O)c1ccc(COc2ccc(-n3cnnn3)cc2)o1. The Bertz CT molecular complexity index is 901.